The minimum absolute atomic E-state index is 0.0364. The van der Waals surface area contributed by atoms with E-state index in [0.29, 0.717) is 37.9 Å². The van der Waals surface area contributed by atoms with Gasteiger partial charge in [0.1, 0.15) is 0 Å². The van der Waals surface area contributed by atoms with Crippen LogP contribution in [0.25, 0.3) is 0 Å². The molecule has 2 aromatic rings. The average molecular weight is 470 g/mol. The molecule has 176 valence electrons. The second-order valence-electron chi connectivity index (χ2n) is 8.54. The largest absolute Gasteiger partial charge is 0.416 e. The Morgan fingerprint density at radius 1 is 0.939 bits per heavy atom. The fourth-order valence-electron chi connectivity index (χ4n) is 4.53. The molecule has 1 spiro atoms. The van der Waals surface area contributed by atoms with Gasteiger partial charge in [0.05, 0.1) is 16.5 Å². The van der Waals surface area contributed by atoms with E-state index in [0.717, 1.165) is 17.5 Å². The Bertz CT molecular complexity index is 1080. The molecule has 4 rings (SSSR count). The molecule has 0 bridgehead atoms. The van der Waals surface area contributed by atoms with E-state index < -0.39 is 41.3 Å². The van der Waals surface area contributed by atoms with Crippen LogP contribution in [0.3, 0.4) is 0 Å². The van der Waals surface area contributed by atoms with Gasteiger partial charge < -0.3 is 10.6 Å². The molecule has 1 atom stereocenters. The third kappa shape index (κ3) is 4.69. The number of amides is 2. The number of hydrogen-bond donors (Lipinski definition) is 2. The Hall–Kier alpha value is -3.04. The van der Waals surface area contributed by atoms with Gasteiger partial charge in [-0.1, -0.05) is 6.07 Å². The van der Waals surface area contributed by atoms with Crippen LogP contribution in [0.4, 0.5) is 26.3 Å². The molecule has 10 heteroatoms. The van der Waals surface area contributed by atoms with Gasteiger partial charge in [-0.25, -0.2) is 0 Å². The highest BCUT2D eigenvalue weighted by Gasteiger charge is 2.44. The third-order valence-corrected chi connectivity index (χ3v) is 6.34. The minimum Gasteiger partial charge on any atom is -0.356 e. The maximum Gasteiger partial charge on any atom is 0.416 e. The van der Waals surface area contributed by atoms with Crippen LogP contribution < -0.4 is 10.6 Å². The summed E-state index contributed by atoms with van der Waals surface area (Å²) >= 11 is 0. The molecule has 1 aliphatic heterocycles. The summed E-state index contributed by atoms with van der Waals surface area (Å²) in [7, 11) is 0. The molecular formula is C23H20F6N2O2. The van der Waals surface area contributed by atoms with Crippen LogP contribution in [0.5, 0.6) is 0 Å². The fourth-order valence-corrected chi connectivity index (χ4v) is 4.53. The highest BCUT2D eigenvalue weighted by atomic mass is 19.4. The van der Waals surface area contributed by atoms with E-state index in [1.54, 1.807) is 18.2 Å². The summed E-state index contributed by atoms with van der Waals surface area (Å²) in [6.07, 6.45) is -7.32. The van der Waals surface area contributed by atoms with Crippen LogP contribution in [0.15, 0.2) is 36.4 Å². The van der Waals surface area contributed by atoms with Crippen molar-refractivity contribution in [2.75, 3.05) is 6.54 Å². The normalized spacial score (nSPS) is 20.5. The molecule has 1 saturated heterocycles. The zero-order valence-corrected chi connectivity index (χ0v) is 17.3. The summed E-state index contributed by atoms with van der Waals surface area (Å²) in [6, 6.07) is 6.20. The lowest BCUT2D eigenvalue weighted by molar-refractivity contribution is -0.143. The number of nitrogens with one attached hydrogen (secondary N) is 2. The maximum absolute atomic E-state index is 13.0. The Kier molecular flexibility index (Phi) is 5.66. The zero-order valence-electron chi connectivity index (χ0n) is 17.3. The van der Waals surface area contributed by atoms with Gasteiger partial charge >= 0.3 is 12.4 Å². The summed E-state index contributed by atoms with van der Waals surface area (Å²) < 4.78 is 78.1. The number of aryl methyl sites for hydroxylation is 1. The van der Waals surface area contributed by atoms with E-state index in [9.17, 15) is 35.9 Å². The van der Waals surface area contributed by atoms with Crippen LogP contribution in [0, 0.1) is 5.41 Å². The number of alkyl halides is 6. The van der Waals surface area contributed by atoms with Gasteiger partial charge in [0, 0.05) is 18.7 Å². The summed E-state index contributed by atoms with van der Waals surface area (Å²) in [5.74, 6) is -0.572. The maximum atomic E-state index is 13.0. The highest BCUT2D eigenvalue weighted by Crippen LogP contribution is 2.41. The minimum atomic E-state index is -4.95. The van der Waals surface area contributed by atoms with Crippen molar-refractivity contribution in [1.82, 2.24) is 10.6 Å². The average Bonchev–Trinajstić information content (AvgIpc) is 3.09. The summed E-state index contributed by atoms with van der Waals surface area (Å²) in [5, 5.41) is 5.25. The molecule has 0 aromatic heterocycles. The number of rotatable bonds is 3. The van der Waals surface area contributed by atoms with Gasteiger partial charge in [-0.05, 0) is 72.7 Å². The molecule has 1 fully saturated rings. The summed E-state index contributed by atoms with van der Waals surface area (Å²) in [5.41, 5.74) is -1.47. The first kappa shape index (κ1) is 23.1. The van der Waals surface area contributed by atoms with E-state index in [-0.39, 0.29) is 23.1 Å². The Morgan fingerprint density at radius 2 is 1.61 bits per heavy atom. The Balaban J connectivity index is 1.49. The summed E-state index contributed by atoms with van der Waals surface area (Å²) in [6.45, 7) is 0.145. The smallest absolute Gasteiger partial charge is 0.356 e. The van der Waals surface area contributed by atoms with Gasteiger partial charge in [-0.15, -0.1) is 0 Å². The third-order valence-electron chi connectivity index (χ3n) is 6.34. The number of fused-ring (bicyclic) bond motifs is 1. The van der Waals surface area contributed by atoms with E-state index in [1.165, 1.54) is 0 Å². The molecule has 4 nitrogen and oxygen atoms in total. The number of halogens is 6. The van der Waals surface area contributed by atoms with Crippen LogP contribution in [-0.2, 0) is 36.5 Å². The second kappa shape index (κ2) is 8.07. The number of hydrogen-bond acceptors (Lipinski definition) is 2. The van der Waals surface area contributed by atoms with Crippen molar-refractivity contribution in [3.63, 3.8) is 0 Å². The van der Waals surface area contributed by atoms with Crippen LogP contribution in [0.2, 0.25) is 0 Å². The standard InChI is InChI=1S/C23H20F6N2O2/c24-22(25,26)17-7-13(8-18(10-17)23(27,28)29)12-31-19(32)15-1-2-16-11-21(4-3-14(16)9-15)5-6-30-20(21)33/h1-2,7-10H,3-6,11-12H2,(H,30,33)(H,31,32). The van der Waals surface area contributed by atoms with Crippen LogP contribution in [-0.4, -0.2) is 18.4 Å². The highest BCUT2D eigenvalue weighted by molar-refractivity contribution is 5.94. The van der Waals surface area contributed by atoms with Gasteiger partial charge in [-0.3, -0.25) is 9.59 Å². The van der Waals surface area contributed by atoms with E-state index in [4.69, 9.17) is 0 Å². The predicted molar refractivity (Wildman–Crippen MR) is 106 cm³/mol. The van der Waals surface area contributed by atoms with Gasteiger partial charge in [-0.2, -0.15) is 26.3 Å². The molecule has 2 amide bonds. The second-order valence-corrected chi connectivity index (χ2v) is 8.54. The quantitative estimate of drug-likeness (QED) is 0.642. The molecule has 33 heavy (non-hydrogen) atoms. The number of benzene rings is 2. The Labute approximate surface area is 185 Å². The first-order valence-corrected chi connectivity index (χ1v) is 10.3. The van der Waals surface area contributed by atoms with Gasteiger partial charge in [0.15, 0.2) is 0 Å². The van der Waals surface area contributed by atoms with E-state index >= 15 is 0 Å². The van der Waals surface area contributed by atoms with Crippen LogP contribution in [0.1, 0.15) is 51.0 Å². The van der Waals surface area contributed by atoms with Gasteiger partial charge in [0.2, 0.25) is 5.91 Å². The first-order valence-electron chi connectivity index (χ1n) is 10.3. The predicted octanol–water partition coefficient (Wildman–Crippen LogP) is 4.65. The molecule has 2 N–H and O–H groups in total. The van der Waals surface area contributed by atoms with Crippen molar-refractivity contribution < 1.29 is 35.9 Å². The molecule has 2 aromatic carbocycles. The number of carbonyl (C=O) groups is 2. The van der Waals surface area contributed by atoms with Crippen molar-refractivity contribution in [3.8, 4) is 0 Å². The molecular weight excluding hydrogens is 450 g/mol. The first-order chi connectivity index (χ1) is 15.4. The molecule has 1 unspecified atom stereocenters. The lowest BCUT2D eigenvalue weighted by atomic mass is 9.70. The van der Waals surface area contributed by atoms with Crippen molar-refractivity contribution in [3.05, 3.63) is 69.8 Å². The number of carbonyl (C=O) groups excluding carboxylic acids is 2. The lowest BCUT2D eigenvalue weighted by Crippen LogP contribution is -2.36. The molecule has 1 aliphatic carbocycles. The summed E-state index contributed by atoms with van der Waals surface area (Å²) in [4.78, 5) is 24.8. The van der Waals surface area contributed by atoms with Gasteiger partial charge in [0.25, 0.3) is 5.91 Å². The van der Waals surface area contributed by atoms with E-state index in [1.807, 2.05) is 0 Å². The molecule has 0 saturated carbocycles. The van der Waals surface area contributed by atoms with Crippen molar-refractivity contribution in [1.29, 1.82) is 0 Å². The van der Waals surface area contributed by atoms with Crippen molar-refractivity contribution in [2.45, 2.75) is 44.6 Å². The molecule has 2 aliphatic rings. The molecule has 1 heterocycles. The van der Waals surface area contributed by atoms with Crippen molar-refractivity contribution >= 4 is 11.8 Å². The molecule has 0 radical (unpaired) electrons. The fraction of sp³-hybridized carbons (Fsp3) is 0.391. The van der Waals surface area contributed by atoms with Crippen molar-refractivity contribution in [2.24, 2.45) is 5.41 Å². The Morgan fingerprint density at radius 3 is 2.18 bits per heavy atom. The lowest BCUT2D eigenvalue weighted by Gasteiger charge is -2.32. The SMILES string of the molecule is O=C(NCc1cc(C(F)(F)F)cc(C(F)(F)F)c1)c1ccc2c(c1)CCC1(CCNC1=O)C2. The monoisotopic (exact) mass is 470 g/mol. The zero-order chi connectivity index (χ0) is 24.0. The van der Waals surface area contributed by atoms with Crippen LogP contribution >= 0.6 is 0 Å². The van der Waals surface area contributed by atoms with E-state index in [2.05, 4.69) is 10.6 Å². The topological polar surface area (TPSA) is 58.2 Å².